The van der Waals surface area contributed by atoms with Crippen molar-refractivity contribution in [1.29, 1.82) is 0 Å². The zero-order valence-electron chi connectivity index (χ0n) is 13.2. The summed E-state index contributed by atoms with van der Waals surface area (Å²) in [5.74, 6) is 3.33. The van der Waals surface area contributed by atoms with Crippen LogP contribution in [0.1, 0.15) is 43.8 Å². The summed E-state index contributed by atoms with van der Waals surface area (Å²) in [5.41, 5.74) is 1.10. The molecule has 1 unspecified atom stereocenters. The highest BCUT2D eigenvalue weighted by Crippen LogP contribution is 2.55. The van der Waals surface area contributed by atoms with Gasteiger partial charge in [-0.1, -0.05) is 28.1 Å². The van der Waals surface area contributed by atoms with Gasteiger partial charge in [0.05, 0.1) is 6.54 Å². The molecule has 0 radical (unpaired) electrons. The highest BCUT2D eigenvalue weighted by Gasteiger charge is 2.53. The van der Waals surface area contributed by atoms with E-state index in [1.165, 1.54) is 32.1 Å². The Kier molecular flexibility index (Phi) is 3.26. The normalized spacial score (nSPS) is 41.4. The average Bonchev–Trinajstić information content (AvgIpc) is 2.89. The molecule has 4 heteroatoms. The molecule has 1 saturated heterocycles. The van der Waals surface area contributed by atoms with E-state index >= 15 is 0 Å². The fraction of sp³-hybridized carbons (Fsp3) is 0.632. The molecule has 0 N–H and O–H groups in total. The molecule has 23 heavy (non-hydrogen) atoms. The largest absolute Gasteiger partial charge is 0.439 e. The van der Waals surface area contributed by atoms with Crippen LogP contribution in [0.2, 0.25) is 0 Å². The maximum absolute atomic E-state index is 12.5. The van der Waals surface area contributed by atoms with Gasteiger partial charge < -0.3 is 9.64 Å². The van der Waals surface area contributed by atoms with Gasteiger partial charge in [-0.3, -0.25) is 0 Å². The van der Waals surface area contributed by atoms with Crippen molar-refractivity contribution in [2.24, 2.45) is 23.7 Å². The molecule has 5 fully saturated rings. The van der Waals surface area contributed by atoms with E-state index in [2.05, 4.69) is 33.0 Å². The van der Waals surface area contributed by atoms with E-state index in [0.717, 1.165) is 40.3 Å². The smallest absolute Gasteiger partial charge is 0.410 e. The van der Waals surface area contributed by atoms with Crippen LogP contribution in [0.5, 0.6) is 0 Å². The lowest BCUT2D eigenvalue weighted by molar-refractivity contribution is -0.0480. The number of cyclic esters (lactones) is 1. The van der Waals surface area contributed by atoms with E-state index in [1.54, 1.807) is 0 Å². The van der Waals surface area contributed by atoms with Crippen LogP contribution in [0.15, 0.2) is 28.7 Å². The van der Waals surface area contributed by atoms with Crippen molar-refractivity contribution in [3.8, 4) is 0 Å². The number of carbonyl (C=O) groups excluding carboxylic acids is 1. The lowest BCUT2D eigenvalue weighted by atomic mass is 9.54. The standard InChI is InChI=1S/C19H22BrNO2/c20-16-3-1-13(2-4-16)17-10-21(19(22)23-17)18-14-6-11-5-12(8-14)9-15(18)7-11/h1-4,11-12,14-15,17-18H,5-10H2. The highest BCUT2D eigenvalue weighted by atomic mass is 79.9. The molecule has 1 atom stereocenters. The van der Waals surface area contributed by atoms with E-state index in [-0.39, 0.29) is 12.2 Å². The summed E-state index contributed by atoms with van der Waals surface area (Å²) in [6.45, 7) is 0.730. The fourth-order valence-corrected chi connectivity index (χ4v) is 6.24. The Bertz CT molecular complexity index is 601. The molecule has 1 amide bonds. The van der Waals surface area contributed by atoms with Crippen LogP contribution >= 0.6 is 15.9 Å². The minimum absolute atomic E-state index is 0.0876. The third-order valence-corrected chi connectivity index (χ3v) is 7.15. The maximum atomic E-state index is 12.5. The van der Waals surface area contributed by atoms with Crippen molar-refractivity contribution in [3.05, 3.63) is 34.3 Å². The van der Waals surface area contributed by atoms with E-state index in [4.69, 9.17) is 4.74 Å². The van der Waals surface area contributed by atoms with E-state index in [1.807, 2.05) is 12.1 Å². The summed E-state index contributed by atoms with van der Waals surface area (Å²) in [4.78, 5) is 14.6. The number of halogens is 1. The second-order valence-corrected chi connectivity index (χ2v) is 8.91. The quantitative estimate of drug-likeness (QED) is 0.744. The summed E-state index contributed by atoms with van der Waals surface area (Å²) >= 11 is 3.46. The van der Waals surface area contributed by atoms with Gasteiger partial charge in [0.2, 0.25) is 0 Å². The van der Waals surface area contributed by atoms with Gasteiger partial charge in [0, 0.05) is 10.5 Å². The average molecular weight is 376 g/mol. The van der Waals surface area contributed by atoms with E-state index in [0.29, 0.717) is 6.04 Å². The zero-order chi connectivity index (χ0) is 15.6. The predicted molar refractivity (Wildman–Crippen MR) is 90.9 cm³/mol. The summed E-state index contributed by atoms with van der Waals surface area (Å²) in [6, 6.07) is 8.60. The van der Waals surface area contributed by atoms with Crippen LogP contribution in [0, 0.1) is 23.7 Å². The van der Waals surface area contributed by atoms with Crippen LogP contribution < -0.4 is 0 Å². The van der Waals surface area contributed by atoms with Crippen LogP contribution in [0.25, 0.3) is 0 Å². The molecule has 122 valence electrons. The fourth-order valence-electron chi connectivity index (χ4n) is 5.98. The number of hydrogen-bond acceptors (Lipinski definition) is 2. The minimum Gasteiger partial charge on any atom is -0.439 e. The molecule has 4 bridgehead atoms. The second-order valence-electron chi connectivity index (χ2n) is 8.00. The molecule has 5 aliphatic rings. The molecular formula is C19H22BrNO2. The number of carbonyl (C=O) groups is 1. The first-order valence-electron chi connectivity index (χ1n) is 8.90. The van der Waals surface area contributed by atoms with Gasteiger partial charge in [-0.2, -0.15) is 0 Å². The number of rotatable bonds is 2. The van der Waals surface area contributed by atoms with Crippen LogP contribution in [-0.4, -0.2) is 23.6 Å². The van der Waals surface area contributed by atoms with Crippen molar-refractivity contribution < 1.29 is 9.53 Å². The lowest BCUT2D eigenvalue weighted by Gasteiger charge is -2.56. The molecule has 1 aliphatic heterocycles. The number of amides is 1. The van der Waals surface area contributed by atoms with Crippen LogP contribution in [0.3, 0.4) is 0 Å². The topological polar surface area (TPSA) is 29.5 Å². The number of ether oxygens (including phenoxy) is 1. The van der Waals surface area contributed by atoms with Crippen LogP contribution in [-0.2, 0) is 4.74 Å². The number of hydrogen-bond donors (Lipinski definition) is 0. The Hall–Kier alpha value is -1.03. The predicted octanol–water partition coefficient (Wildman–Crippen LogP) is 4.77. The first-order valence-corrected chi connectivity index (χ1v) is 9.69. The molecule has 4 saturated carbocycles. The molecule has 1 heterocycles. The van der Waals surface area contributed by atoms with Gasteiger partial charge in [0.1, 0.15) is 6.10 Å². The lowest BCUT2D eigenvalue weighted by Crippen LogP contribution is -2.56. The van der Waals surface area contributed by atoms with Crippen molar-refractivity contribution in [1.82, 2.24) is 4.90 Å². The Balaban J connectivity index is 1.37. The second kappa shape index (κ2) is 5.23. The molecule has 6 rings (SSSR count). The third-order valence-electron chi connectivity index (χ3n) is 6.62. The summed E-state index contributed by atoms with van der Waals surface area (Å²) < 4.78 is 6.79. The third kappa shape index (κ3) is 2.33. The summed E-state index contributed by atoms with van der Waals surface area (Å²) in [5, 5.41) is 0. The van der Waals surface area contributed by atoms with Gasteiger partial charge in [-0.25, -0.2) is 4.79 Å². The van der Waals surface area contributed by atoms with Gasteiger partial charge >= 0.3 is 6.09 Å². The molecule has 4 aliphatic carbocycles. The monoisotopic (exact) mass is 375 g/mol. The first-order chi connectivity index (χ1) is 11.2. The van der Waals surface area contributed by atoms with Crippen molar-refractivity contribution >= 4 is 22.0 Å². The Morgan fingerprint density at radius 2 is 1.57 bits per heavy atom. The van der Waals surface area contributed by atoms with Crippen molar-refractivity contribution in [2.45, 2.75) is 44.2 Å². The van der Waals surface area contributed by atoms with Gasteiger partial charge in [0.25, 0.3) is 0 Å². The van der Waals surface area contributed by atoms with Gasteiger partial charge in [0.15, 0.2) is 0 Å². The molecular weight excluding hydrogens is 354 g/mol. The van der Waals surface area contributed by atoms with Gasteiger partial charge in [-0.05, 0) is 73.5 Å². The summed E-state index contributed by atoms with van der Waals surface area (Å²) in [7, 11) is 0. The molecule has 1 aromatic carbocycles. The number of nitrogens with zero attached hydrogens (tertiary/aromatic N) is 1. The first kappa shape index (κ1) is 14.3. The van der Waals surface area contributed by atoms with Crippen LogP contribution in [0.4, 0.5) is 4.79 Å². The Labute approximate surface area is 145 Å². The zero-order valence-corrected chi connectivity index (χ0v) is 14.7. The molecule has 3 nitrogen and oxygen atoms in total. The highest BCUT2D eigenvalue weighted by molar-refractivity contribution is 9.10. The van der Waals surface area contributed by atoms with Crippen molar-refractivity contribution in [3.63, 3.8) is 0 Å². The number of benzene rings is 1. The minimum atomic E-state index is -0.104. The van der Waals surface area contributed by atoms with E-state index in [9.17, 15) is 4.79 Å². The molecule has 0 aromatic heterocycles. The Morgan fingerprint density at radius 1 is 0.957 bits per heavy atom. The SMILES string of the molecule is O=C1OC(c2ccc(Br)cc2)CN1C1C2CC3CC(C2)CC1C3. The van der Waals surface area contributed by atoms with Gasteiger partial charge in [-0.15, -0.1) is 0 Å². The van der Waals surface area contributed by atoms with E-state index < -0.39 is 0 Å². The van der Waals surface area contributed by atoms with Crippen molar-refractivity contribution in [2.75, 3.05) is 6.54 Å². The molecule has 0 spiro atoms. The maximum Gasteiger partial charge on any atom is 0.410 e. The summed E-state index contributed by atoms with van der Waals surface area (Å²) in [6.07, 6.45) is 6.61. The Morgan fingerprint density at radius 3 is 2.17 bits per heavy atom. The molecule has 1 aromatic rings.